The van der Waals surface area contributed by atoms with Crippen LogP contribution in [0.5, 0.6) is 0 Å². The molecule has 20 heavy (non-hydrogen) atoms. The summed E-state index contributed by atoms with van der Waals surface area (Å²) in [5, 5.41) is 9.07. The minimum atomic E-state index is -3.80. The van der Waals surface area contributed by atoms with Gasteiger partial charge in [-0.15, -0.1) is 0 Å². The third kappa shape index (κ3) is 2.44. The number of anilines is 2. The summed E-state index contributed by atoms with van der Waals surface area (Å²) in [6, 6.07) is 14.7. The maximum Gasteiger partial charge on any atom is 0.265 e. The normalized spacial score (nSPS) is 10.8. The van der Waals surface area contributed by atoms with E-state index in [2.05, 4.69) is 0 Å². The van der Waals surface area contributed by atoms with Crippen molar-refractivity contribution >= 4 is 21.4 Å². The standard InChI is InChI=1S/C14H13N3O2S/c1-17(13-5-3-2-4-6-13)20(18,19)14-8-7-12(16)9-11(14)10-15/h2-9H,16H2,1H3. The second-order valence-corrected chi connectivity index (χ2v) is 6.11. The van der Waals surface area contributed by atoms with Crippen molar-refractivity contribution in [1.82, 2.24) is 0 Å². The summed E-state index contributed by atoms with van der Waals surface area (Å²) in [7, 11) is -2.35. The number of rotatable bonds is 3. The topological polar surface area (TPSA) is 87.2 Å². The minimum absolute atomic E-state index is 0.0350. The lowest BCUT2D eigenvalue weighted by molar-refractivity contribution is 0.594. The molecule has 102 valence electrons. The maximum atomic E-state index is 12.6. The van der Waals surface area contributed by atoms with Crippen LogP contribution in [0.4, 0.5) is 11.4 Å². The van der Waals surface area contributed by atoms with E-state index in [1.807, 2.05) is 6.07 Å². The number of nitrogens with two attached hydrogens (primary N) is 1. The summed E-state index contributed by atoms with van der Waals surface area (Å²) in [5.74, 6) is 0. The van der Waals surface area contributed by atoms with Crippen LogP contribution in [0.15, 0.2) is 53.4 Å². The molecule has 6 heteroatoms. The first-order chi connectivity index (χ1) is 9.46. The predicted octanol–water partition coefficient (Wildman–Crippen LogP) is 1.97. The van der Waals surface area contributed by atoms with Crippen LogP contribution >= 0.6 is 0 Å². The highest BCUT2D eigenvalue weighted by atomic mass is 32.2. The summed E-state index contributed by atoms with van der Waals surface area (Å²) in [6.45, 7) is 0. The van der Waals surface area contributed by atoms with Crippen molar-refractivity contribution < 1.29 is 8.42 Å². The quantitative estimate of drug-likeness (QED) is 0.874. The van der Waals surface area contributed by atoms with E-state index in [9.17, 15) is 8.42 Å². The molecule has 0 atom stereocenters. The fraction of sp³-hybridized carbons (Fsp3) is 0.0714. The lowest BCUT2D eigenvalue weighted by Crippen LogP contribution is -2.27. The summed E-state index contributed by atoms with van der Waals surface area (Å²) < 4.78 is 26.3. The summed E-state index contributed by atoms with van der Waals surface area (Å²) in [4.78, 5) is -0.0550. The molecule has 0 amide bonds. The van der Waals surface area contributed by atoms with Gasteiger partial charge < -0.3 is 5.73 Å². The molecule has 0 fully saturated rings. The molecule has 2 aromatic carbocycles. The van der Waals surface area contributed by atoms with Gasteiger partial charge in [0.15, 0.2) is 0 Å². The Labute approximate surface area is 117 Å². The summed E-state index contributed by atoms with van der Waals surface area (Å²) in [6.07, 6.45) is 0. The van der Waals surface area contributed by atoms with E-state index in [0.717, 1.165) is 4.31 Å². The number of para-hydroxylation sites is 1. The first-order valence-corrected chi connectivity index (χ1v) is 7.24. The van der Waals surface area contributed by atoms with Gasteiger partial charge in [0, 0.05) is 12.7 Å². The van der Waals surface area contributed by atoms with Gasteiger partial charge in [0.05, 0.1) is 11.3 Å². The number of nitrogens with zero attached hydrogens (tertiary/aromatic N) is 2. The first kappa shape index (κ1) is 13.9. The molecule has 0 aliphatic rings. The SMILES string of the molecule is CN(c1ccccc1)S(=O)(=O)c1ccc(N)cc1C#N. The van der Waals surface area contributed by atoms with Crippen LogP contribution < -0.4 is 10.0 Å². The largest absolute Gasteiger partial charge is 0.399 e. The first-order valence-electron chi connectivity index (χ1n) is 5.80. The average Bonchev–Trinajstić information content (AvgIpc) is 2.46. The Balaban J connectivity index is 2.54. The van der Waals surface area contributed by atoms with E-state index in [0.29, 0.717) is 11.4 Å². The van der Waals surface area contributed by atoms with Crippen LogP contribution in [0.25, 0.3) is 0 Å². The third-order valence-corrected chi connectivity index (χ3v) is 4.73. The van der Waals surface area contributed by atoms with Crippen molar-refractivity contribution in [1.29, 1.82) is 5.26 Å². The zero-order valence-electron chi connectivity index (χ0n) is 10.8. The van der Waals surface area contributed by atoms with Gasteiger partial charge in [0.2, 0.25) is 0 Å². The van der Waals surface area contributed by atoms with Crippen LogP contribution in [-0.4, -0.2) is 15.5 Å². The van der Waals surface area contributed by atoms with Gasteiger partial charge in [-0.2, -0.15) is 5.26 Å². The Morgan fingerprint density at radius 2 is 1.80 bits per heavy atom. The van der Waals surface area contributed by atoms with E-state index in [4.69, 9.17) is 11.0 Å². The van der Waals surface area contributed by atoms with E-state index >= 15 is 0 Å². The molecule has 0 bridgehead atoms. The highest BCUT2D eigenvalue weighted by Gasteiger charge is 2.24. The van der Waals surface area contributed by atoms with E-state index in [1.54, 1.807) is 30.3 Å². The van der Waals surface area contributed by atoms with Crippen molar-refractivity contribution in [3.05, 3.63) is 54.1 Å². The fourth-order valence-corrected chi connectivity index (χ4v) is 3.10. The number of nitriles is 1. The van der Waals surface area contributed by atoms with Crippen LogP contribution in [0.2, 0.25) is 0 Å². The molecule has 0 heterocycles. The lowest BCUT2D eigenvalue weighted by atomic mass is 10.2. The van der Waals surface area contributed by atoms with Crippen molar-refractivity contribution in [2.75, 3.05) is 17.1 Å². The molecule has 2 rings (SSSR count). The molecule has 0 spiro atoms. The van der Waals surface area contributed by atoms with Crippen LogP contribution in [-0.2, 0) is 10.0 Å². The van der Waals surface area contributed by atoms with E-state index in [1.165, 1.54) is 25.2 Å². The van der Waals surface area contributed by atoms with Gasteiger partial charge in [0.1, 0.15) is 11.0 Å². The monoisotopic (exact) mass is 287 g/mol. The van der Waals surface area contributed by atoms with Crippen molar-refractivity contribution in [2.24, 2.45) is 0 Å². The zero-order valence-corrected chi connectivity index (χ0v) is 11.6. The van der Waals surface area contributed by atoms with Crippen LogP contribution in [0, 0.1) is 11.3 Å². The van der Waals surface area contributed by atoms with Crippen molar-refractivity contribution in [3.63, 3.8) is 0 Å². The predicted molar refractivity (Wildman–Crippen MR) is 77.6 cm³/mol. The zero-order chi connectivity index (χ0) is 14.8. The molecule has 0 unspecified atom stereocenters. The Kier molecular flexibility index (Phi) is 3.63. The van der Waals surface area contributed by atoms with Gasteiger partial charge in [-0.1, -0.05) is 18.2 Å². The Hall–Kier alpha value is -2.52. The van der Waals surface area contributed by atoms with E-state index < -0.39 is 10.0 Å². The number of nitrogen functional groups attached to an aromatic ring is 1. The molecule has 2 N–H and O–H groups in total. The van der Waals surface area contributed by atoms with Crippen molar-refractivity contribution in [2.45, 2.75) is 4.90 Å². The molecule has 0 aliphatic heterocycles. The van der Waals surface area contributed by atoms with Gasteiger partial charge >= 0.3 is 0 Å². The molecule has 0 aliphatic carbocycles. The Bertz CT molecular complexity index is 765. The Morgan fingerprint density at radius 1 is 1.15 bits per heavy atom. The molecule has 2 aromatic rings. The highest BCUT2D eigenvalue weighted by Crippen LogP contribution is 2.25. The van der Waals surface area contributed by atoms with Crippen LogP contribution in [0.1, 0.15) is 5.56 Å². The molecule has 0 saturated carbocycles. The fourth-order valence-electron chi connectivity index (χ4n) is 1.78. The van der Waals surface area contributed by atoms with Gasteiger partial charge in [-0.25, -0.2) is 8.42 Å². The highest BCUT2D eigenvalue weighted by molar-refractivity contribution is 7.92. The van der Waals surface area contributed by atoms with Gasteiger partial charge in [-0.3, -0.25) is 4.31 Å². The van der Waals surface area contributed by atoms with Gasteiger partial charge in [0.25, 0.3) is 10.0 Å². The molecule has 5 nitrogen and oxygen atoms in total. The Morgan fingerprint density at radius 3 is 2.40 bits per heavy atom. The number of sulfonamides is 1. The smallest absolute Gasteiger partial charge is 0.265 e. The molecular formula is C14H13N3O2S. The number of hydrogen-bond donors (Lipinski definition) is 1. The summed E-state index contributed by atoms with van der Waals surface area (Å²) >= 11 is 0. The lowest BCUT2D eigenvalue weighted by Gasteiger charge is -2.20. The van der Waals surface area contributed by atoms with Gasteiger partial charge in [-0.05, 0) is 30.3 Å². The molecule has 0 radical (unpaired) electrons. The molecule has 0 saturated heterocycles. The summed E-state index contributed by atoms with van der Waals surface area (Å²) in [5.41, 5.74) is 6.48. The maximum absolute atomic E-state index is 12.6. The third-order valence-electron chi connectivity index (χ3n) is 2.88. The van der Waals surface area contributed by atoms with E-state index in [-0.39, 0.29) is 10.5 Å². The minimum Gasteiger partial charge on any atom is -0.399 e. The number of hydrogen-bond acceptors (Lipinski definition) is 4. The van der Waals surface area contributed by atoms with Crippen LogP contribution in [0.3, 0.4) is 0 Å². The molecule has 0 aromatic heterocycles. The molecular weight excluding hydrogens is 274 g/mol. The second kappa shape index (κ2) is 5.23. The number of benzene rings is 2. The second-order valence-electron chi connectivity index (χ2n) is 4.18. The average molecular weight is 287 g/mol. The van der Waals surface area contributed by atoms with Crippen molar-refractivity contribution in [3.8, 4) is 6.07 Å².